The summed E-state index contributed by atoms with van der Waals surface area (Å²) in [4.78, 5) is 66.1. The molecule has 0 amide bonds. The van der Waals surface area contributed by atoms with E-state index in [-0.39, 0.29) is 34.1 Å². The van der Waals surface area contributed by atoms with E-state index in [9.17, 15) is 29.4 Å². The number of unbranched alkanes of at least 4 members (excludes halogenated alkanes) is 3. The number of oxime groups is 2. The van der Waals surface area contributed by atoms with Crippen molar-refractivity contribution >= 4 is 114 Å². The van der Waals surface area contributed by atoms with Crippen molar-refractivity contribution in [2.45, 2.75) is 77.2 Å². The van der Waals surface area contributed by atoms with Gasteiger partial charge in [0.2, 0.25) is 0 Å². The molecule has 12 aromatic carbocycles. The van der Waals surface area contributed by atoms with Gasteiger partial charge in [0.25, 0.3) is 0 Å². The lowest BCUT2D eigenvalue weighted by atomic mass is 9.95. The molecule has 2 N–H and O–H groups in total. The summed E-state index contributed by atoms with van der Waals surface area (Å²) in [5.41, 5.74) is 7.88. The highest BCUT2D eigenvalue weighted by Crippen LogP contribution is 2.63. The van der Waals surface area contributed by atoms with E-state index < -0.39 is 36.9 Å². The molecule has 0 bridgehead atoms. The van der Waals surface area contributed by atoms with Crippen LogP contribution in [0.3, 0.4) is 0 Å². The van der Waals surface area contributed by atoms with Crippen LogP contribution < -0.4 is 21.2 Å². The van der Waals surface area contributed by atoms with E-state index in [1.807, 2.05) is 147 Å². The summed E-state index contributed by atoms with van der Waals surface area (Å²) in [6.45, 7) is 7.38. The molecular weight excluding hydrogens is 1360 g/mol. The van der Waals surface area contributed by atoms with E-state index >= 15 is 9.13 Å². The van der Waals surface area contributed by atoms with Gasteiger partial charge in [0.1, 0.15) is 11.4 Å². The van der Waals surface area contributed by atoms with Crippen LogP contribution in [-0.4, -0.2) is 54.3 Å². The van der Waals surface area contributed by atoms with Crippen LogP contribution in [0.5, 0.6) is 0 Å². The van der Waals surface area contributed by atoms with Gasteiger partial charge < -0.3 is 38.2 Å². The van der Waals surface area contributed by atoms with Crippen LogP contribution >= 0.6 is 14.3 Å². The van der Waals surface area contributed by atoms with Crippen LogP contribution in [0.2, 0.25) is 0 Å². The van der Waals surface area contributed by atoms with Crippen LogP contribution in [0.25, 0.3) is 43.6 Å². The molecule has 106 heavy (non-hydrogen) atoms. The third-order valence-corrected chi connectivity index (χ3v) is 26.9. The second kappa shape index (κ2) is 30.1. The van der Waals surface area contributed by atoms with Crippen LogP contribution in [0.4, 0.5) is 0 Å². The summed E-state index contributed by atoms with van der Waals surface area (Å²) in [5.74, 6) is -1.81. The van der Waals surface area contributed by atoms with Crippen LogP contribution in [-0.2, 0) is 52.2 Å². The fraction of sp³-hybridized carbons (Fsp3) is 0.133. The largest absolute Gasteiger partial charge is 0.371 e. The Hall–Kier alpha value is -11.8. The first kappa shape index (κ1) is 71.2. The number of aliphatic hydroxyl groups is 2. The molecule has 0 radical (unpaired) electrons. The van der Waals surface area contributed by atoms with Crippen molar-refractivity contribution in [2.24, 2.45) is 10.3 Å². The van der Waals surface area contributed by atoms with Gasteiger partial charge >= 0.3 is 11.9 Å². The molecule has 14 rings (SSSR count). The summed E-state index contributed by atoms with van der Waals surface area (Å²) in [6.07, 6.45) is 3.07. The van der Waals surface area contributed by atoms with E-state index in [1.54, 1.807) is 170 Å². The highest BCUT2D eigenvalue weighted by molar-refractivity contribution is 7.80. The second-order valence-corrected chi connectivity index (χ2v) is 32.4. The summed E-state index contributed by atoms with van der Waals surface area (Å²) >= 11 is 0. The fourth-order valence-corrected chi connectivity index (χ4v) is 21.3. The predicted octanol–water partition coefficient (Wildman–Crippen LogP) is 17.5. The topological polar surface area (TPSA) is 196 Å². The first-order chi connectivity index (χ1) is 51.4. The van der Waals surface area contributed by atoms with Gasteiger partial charge in [-0.2, -0.15) is 0 Å². The maximum absolute atomic E-state index is 16.8. The number of rotatable bonds is 25. The minimum absolute atomic E-state index is 0.151. The Balaban J connectivity index is 0.839. The lowest BCUT2D eigenvalue weighted by molar-refractivity contribution is -0.141. The minimum atomic E-state index is -4.31. The molecule has 14 nitrogen and oxygen atoms in total. The number of ketones is 2. The monoisotopic (exact) mass is 1430 g/mol. The van der Waals surface area contributed by atoms with Crippen molar-refractivity contribution in [3.8, 4) is 0 Å². The van der Waals surface area contributed by atoms with Gasteiger partial charge in [-0.05, 0) is 110 Å². The number of carbonyl (C=O) groups excluding carboxylic acids is 4. The average Bonchev–Trinajstić information content (AvgIpc) is 0.890. The molecule has 0 fully saturated rings. The van der Waals surface area contributed by atoms with E-state index in [1.165, 1.54) is 13.8 Å². The molecule has 526 valence electrons. The van der Waals surface area contributed by atoms with E-state index in [2.05, 4.69) is 19.4 Å². The molecule has 0 spiro atoms. The van der Waals surface area contributed by atoms with Crippen LogP contribution in [0.15, 0.2) is 314 Å². The zero-order valence-electron chi connectivity index (χ0n) is 59.0. The zero-order valence-corrected chi connectivity index (χ0v) is 60.7. The van der Waals surface area contributed by atoms with Crippen molar-refractivity contribution in [1.29, 1.82) is 0 Å². The van der Waals surface area contributed by atoms with Crippen LogP contribution in [0.1, 0.15) is 105 Å². The number of fused-ring (bicyclic) bond motifs is 6. The Morgan fingerprint density at radius 2 is 0.613 bits per heavy atom. The van der Waals surface area contributed by atoms with Gasteiger partial charge in [0.05, 0.1) is 0 Å². The minimum Gasteiger partial charge on any atom is -0.371 e. The van der Waals surface area contributed by atoms with Crippen molar-refractivity contribution < 1.29 is 48.2 Å². The van der Waals surface area contributed by atoms with Crippen LogP contribution in [0, 0.1) is 13.8 Å². The fourth-order valence-electron chi connectivity index (χ4n) is 14.9. The number of aromatic nitrogens is 2. The predicted molar refractivity (Wildman–Crippen MR) is 423 cm³/mol. The zero-order chi connectivity index (χ0) is 73.7. The van der Waals surface area contributed by atoms with E-state index in [0.29, 0.717) is 78.5 Å². The number of hydrogen-bond donors (Lipinski definition) is 2. The lowest BCUT2D eigenvalue weighted by Gasteiger charge is -2.38. The maximum atomic E-state index is 16.8. The maximum Gasteiger partial charge on any atom is 0.331 e. The van der Waals surface area contributed by atoms with E-state index in [0.717, 1.165) is 69.6 Å². The normalized spacial score (nSPS) is 13.3. The quantitative estimate of drug-likeness (QED) is 0.0139. The Bertz CT molecular complexity index is 5400. The number of carbonyl (C=O) groups is 4. The first-order valence-electron chi connectivity index (χ1n) is 35.3. The molecule has 2 unspecified atom stereocenters. The third kappa shape index (κ3) is 13.0. The van der Waals surface area contributed by atoms with Crippen molar-refractivity contribution in [3.05, 3.63) is 359 Å². The molecule has 2 aromatic heterocycles. The van der Waals surface area contributed by atoms with Gasteiger partial charge in [0, 0.05) is 125 Å². The smallest absolute Gasteiger partial charge is 0.331 e. The summed E-state index contributed by atoms with van der Waals surface area (Å²) in [5, 5.41) is 36.5. The van der Waals surface area contributed by atoms with Crippen molar-refractivity contribution in [2.75, 3.05) is 0 Å². The van der Waals surface area contributed by atoms with Crippen molar-refractivity contribution in [3.63, 3.8) is 0 Å². The molecule has 2 atom stereocenters. The van der Waals surface area contributed by atoms with Gasteiger partial charge in [-0.25, -0.2) is 9.59 Å². The van der Waals surface area contributed by atoms with Gasteiger partial charge in [-0.1, -0.05) is 266 Å². The highest BCUT2D eigenvalue weighted by Gasteiger charge is 2.57. The Morgan fingerprint density at radius 3 is 0.906 bits per heavy atom. The summed E-state index contributed by atoms with van der Waals surface area (Å²) in [7, 11) is -8.62. The Kier molecular flexibility index (Phi) is 20.3. The Morgan fingerprint density at radius 1 is 0.349 bits per heavy atom. The standard InChI is InChI=1S/C90H76N4O10P2/c1-61-31-25-27-45-75(61)85(97)65-47-51-81-77(57-65)79-59-67(87(91-103-63(3)95)89(99,69-33-13-7-14-34-69)105(101,71-37-17-9-18-38-71)72-39-19-10-20-40-72)49-53-83(79)93(81)55-29-5-6-30-56-94-82-52-48-66(86(98)76-46-28-26-32-62(76)2)58-78(82)80-60-68(50-54-84(80)94)88(92-104-64(4)96)90(100,70-35-15-8-16-36-70)106(102,73-41-21-11-22-42-73)74-43-23-12-24-44-74/h7-28,31-54,57-60,99-100H,5-6,29-30,55-56H2,1-4H3/b91-87-,92-88-. The number of aryl methyl sites for hydroxylation is 4. The summed E-state index contributed by atoms with van der Waals surface area (Å²) in [6, 6.07) is 90.2. The third-order valence-electron chi connectivity index (χ3n) is 20.0. The molecule has 0 aliphatic rings. The van der Waals surface area contributed by atoms with E-state index in [4.69, 9.17) is 9.68 Å². The molecule has 0 aliphatic heterocycles. The number of hydrogen-bond acceptors (Lipinski definition) is 12. The van der Waals surface area contributed by atoms with Gasteiger partial charge in [-0.3, -0.25) is 9.59 Å². The molecule has 0 aliphatic carbocycles. The second-order valence-electron chi connectivity index (χ2n) is 26.6. The molecule has 0 saturated carbocycles. The molecular formula is C90H76N4O10P2. The average molecular weight is 1440 g/mol. The lowest BCUT2D eigenvalue weighted by Crippen LogP contribution is -2.43. The molecule has 14 aromatic rings. The molecule has 16 heteroatoms. The summed E-state index contributed by atoms with van der Waals surface area (Å²) < 4.78 is 38.1. The van der Waals surface area contributed by atoms with Crippen molar-refractivity contribution in [1.82, 2.24) is 9.13 Å². The number of nitrogens with zero attached hydrogens (tertiary/aromatic N) is 4. The van der Waals surface area contributed by atoms with Gasteiger partial charge in [-0.15, -0.1) is 0 Å². The number of benzene rings is 12. The van der Waals surface area contributed by atoms with Gasteiger partial charge in [0.15, 0.2) is 36.5 Å². The Labute approximate surface area is 614 Å². The highest BCUT2D eigenvalue weighted by atomic mass is 31.2. The molecule has 2 heterocycles. The molecule has 0 saturated heterocycles. The SMILES string of the molecule is CC(=O)O/N=C(/c1ccc2c(c1)c1cc(C(=O)c3ccccc3C)ccc1n2CCCCCCn1c2ccc(C(=O)c3ccccc3C)cc2c2cc(/C(=N/OC(C)=O)C(O)(c3ccccc3)P(=O)(c3ccccc3)c3ccccc3)ccc21)C(O)(c1ccccc1)P(=O)(c1ccccc1)c1ccccc1. The first-order valence-corrected chi connectivity index (χ1v) is 38.7.